The number of benzene rings is 1. The fourth-order valence-corrected chi connectivity index (χ4v) is 3.77. The maximum Gasteiger partial charge on any atom is 0.253 e. The largest absolute Gasteiger partial charge is 0.591 e. The van der Waals surface area contributed by atoms with Gasteiger partial charge in [0.05, 0.1) is 24.3 Å². The zero-order chi connectivity index (χ0) is 22.9. The lowest BCUT2D eigenvalue weighted by Crippen LogP contribution is -2.36. The summed E-state index contributed by atoms with van der Waals surface area (Å²) in [4.78, 5) is 29.0. The number of nitrogens with zero attached hydrogens (tertiary/aromatic N) is 3. The Bertz CT molecular complexity index is 1070. The van der Waals surface area contributed by atoms with Crippen LogP contribution in [0.1, 0.15) is 43.6 Å². The van der Waals surface area contributed by atoms with Crippen molar-refractivity contribution in [1.82, 2.24) is 4.90 Å². The van der Waals surface area contributed by atoms with E-state index in [1.807, 2.05) is 25.7 Å². The molecule has 0 bridgehead atoms. The van der Waals surface area contributed by atoms with Crippen molar-refractivity contribution in [1.29, 1.82) is 0 Å². The van der Waals surface area contributed by atoms with E-state index in [1.165, 1.54) is 11.0 Å². The maximum absolute atomic E-state index is 13.0. The smallest absolute Gasteiger partial charge is 0.253 e. The van der Waals surface area contributed by atoms with Crippen LogP contribution in [0, 0.1) is 0 Å². The fraction of sp³-hybridized carbons (Fsp3) is 0.500. The van der Waals surface area contributed by atoms with Crippen LogP contribution in [0.2, 0.25) is 0 Å². The van der Waals surface area contributed by atoms with Gasteiger partial charge in [-0.15, -0.1) is 0 Å². The fourth-order valence-electron chi connectivity index (χ4n) is 3.15. The van der Waals surface area contributed by atoms with E-state index in [9.17, 15) is 14.1 Å². The van der Waals surface area contributed by atoms with Gasteiger partial charge in [0, 0.05) is 44.4 Å². The van der Waals surface area contributed by atoms with Gasteiger partial charge < -0.3 is 23.5 Å². The molecule has 1 saturated heterocycles. The summed E-state index contributed by atoms with van der Waals surface area (Å²) in [5.74, 6) is 0.197. The van der Waals surface area contributed by atoms with Gasteiger partial charge in [0.2, 0.25) is 0 Å². The highest BCUT2D eigenvalue weighted by atomic mass is 32.2. The third-order valence-corrected chi connectivity index (χ3v) is 6.41. The predicted molar refractivity (Wildman–Crippen MR) is 124 cm³/mol. The molecule has 1 aromatic carbocycles. The van der Waals surface area contributed by atoms with Crippen LogP contribution in [-0.2, 0) is 16.1 Å². The number of carbonyl (C=O) groups is 1. The predicted octanol–water partition coefficient (Wildman–Crippen LogP) is 2.60. The van der Waals surface area contributed by atoms with Crippen molar-refractivity contribution in [3.05, 3.63) is 39.5 Å². The molecular weight excluding hydrogens is 418 g/mol. The van der Waals surface area contributed by atoms with Gasteiger partial charge in [-0.3, -0.25) is 9.59 Å². The third-order valence-electron chi connectivity index (χ3n) is 4.92. The first kappa shape index (κ1) is 23.3. The quantitative estimate of drug-likeness (QED) is 0.528. The molecule has 0 radical (unpaired) electrons. The molecule has 1 fully saturated rings. The van der Waals surface area contributed by atoms with Crippen LogP contribution in [0.15, 0.2) is 31.8 Å². The molecule has 1 unspecified atom stereocenters. The zero-order valence-electron chi connectivity index (χ0n) is 18.9. The van der Waals surface area contributed by atoms with E-state index in [-0.39, 0.29) is 16.7 Å². The zero-order valence-corrected chi connectivity index (χ0v) is 19.7. The number of rotatable bonds is 4. The van der Waals surface area contributed by atoms with Crippen LogP contribution in [0.4, 0.5) is 5.88 Å². The molecule has 2 aromatic rings. The summed E-state index contributed by atoms with van der Waals surface area (Å²) >= 11 is -1.51. The molecule has 0 N–H and O–H groups in total. The normalized spacial score (nSPS) is 16.5. The molecule has 0 spiro atoms. The van der Waals surface area contributed by atoms with Crippen LogP contribution in [0.25, 0.3) is 11.0 Å². The summed E-state index contributed by atoms with van der Waals surface area (Å²) in [6, 6.07) is 4.64. The molecule has 1 aliphatic rings. The highest BCUT2D eigenvalue weighted by Gasteiger charge is 2.28. The molecule has 1 aliphatic heterocycles. The summed E-state index contributed by atoms with van der Waals surface area (Å²) in [5.41, 5.74) is 1.34. The van der Waals surface area contributed by atoms with Crippen LogP contribution < -0.4 is 10.3 Å². The molecule has 9 heteroatoms. The number of hydrogen-bond acceptors (Lipinski definition) is 7. The number of fused-ring (bicyclic) bond motifs is 1. The van der Waals surface area contributed by atoms with Crippen molar-refractivity contribution in [2.75, 3.05) is 45.3 Å². The standard InChI is InChI=1S/C22H29N3O5S/c1-14(23-31(28)22(2,3)4)16-11-15(21(27)24(5)6)12-17-18(26)13-19(30-20(16)17)25-7-9-29-10-8-25/h11-13H,7-10H2,1-6H3/b23-14-. The van der Waals surface area contributed by atoms with Gasteiger partial charge in [0.25, 0.3) is 5.91 Å². The lowest BCUT2D eigenvalue weighted by molar-refractivity contribution is 0.0827. The van der Waals surface area contributed by atoms with Gasteiger partial charge in [0.1, 0.15) is 21.7 Å². The number of anilines is 1. The summed E-state index contributed by atoms with van der Waals surface area (Å²) in [6.07, 6.45) is 0. The first-order chi connectivity index (χ1) is 14.5. The van der Waals surface area contributed by atoms with E-state index in [0.29, 0.717) is 54.6 Å². The highest BCUT2D eigenvalue weighted by Crippen LogP contribution is 2.27. The van der Waals surface area contributed by atoms with Crippen molar-refractivity contribution >= 4 is 39.8 Å². The Hall–Kier alpha value is -2.36. The lowest BCUT2D eigenvalue weighted by Gasteiger charge is -2.27. The molecule has 1 atom stereocenters. The van der Waals surface area contributed by atoms with Crippen molar-refractivity contribution in [2.24, 2.45) is 4.40 Å². The van der Waals surface area contributed by atoms with Gasteiger partial charge >= 0.3 is 0 Å². The van der Waals surface area contributed by atoms with Gasteiger partial charge in [-0.25, -0.2) is 0 Å². The summed E-state index contributed by atoms with van der Waals surface area (Å²) in [5, 5.41) is 0.288. The molecule has 8 nitrogen and oxygen atoms in total. The molecule has 1 aromatic heterocycles. The molecule has 31 heavy (non-hydrogen) atoms. The van der Waals surface area contributed by atoms with E-state index in [0.717, 1.165) is 0 Å². The van der Waals surface area contributed by atoms with Crippen molar-refractivity contribution in [3.8, 4) is 0 Å². The van der Waals surface area contributed by atoms with Crippen LogP contribution in [-0.4, -0.2) is 66.2 Å². The molecular formula is C22H29N3O5S. The van der Waals surface area contributed by atoms with Crippen molar-refractivity contribution in [2.45, 2.75) is 32.4 Å². The van der Waals surface area contributed by atoms with Crippen molar-refractivity contribution < 1.29 is 18.5 Å². The molecule has 168 valence electrons. The van der Waals surface area contributed by atoms with E-state index in [1.54, 1.807) is 33.2 Å². The van der Waals surface area contributed by atoms with E-state index in [4.69, 9.17) is 9.15 Å². The van der Waals surface area contributed by atoms with Gasteiger partial charge in [-0.1, -0.05) is 4.40 Å². The average Bonchev–Trinajstić information content (AvgIpc) is 2.72. The molecule has 0 aliphatic carbocycles. The van der Waals surface area contributed by atoms with Crippen LogP contribution >= 0.6 is 0 Å². The minimum absolute atomic E-state index is 0.246. The maximum atomic E-state index is 13.0. The number of amides is 1. The topological polar surface area (TPSA) is 98.4 Å². The minimum atomic E-state index is -1.51. The van der Waals surface area contributed by atoms with Gasteiger partial charge in [-0.05, 0) is 39.8 Å². The number of ether oxygens (including phenoxy) is 1. The Balaban J connectivity index is 2.24. The molecule has 1 amide bonds. The second-order valence-electron chi connectivity index (χ2n) is 8.69. The Morgan fingerprint density at radius 3 is 2.42 bits per heavy atom. The molecule has 3 rings (SSSR count). The third kappa shape index (κ3) is 5.11. The first-order valence-electron chi connectivity index (χ1n) is 10.1. The number of hydrogen-bond donors (Lipinski definition) is 0. The minimum Gasteiger partial charge on any atom is -0.591 e. The van der Waals surface area contributed by atoms with Crippen molar-refractivity contribution in [3.63, 3.8) is 0 Å². The van der Waals surface area contributed by atoms with E-state index in [2.05, 4.69) is 4.40 Å². The van der Waals surface area contributed by atoms with Crippen LogP contribution in [0.5, 0.6) is 0 Å². The number of morpholine rings is 1. The Kier molecular flexibility index (Phi) is 6.78. The van der Waals surface area contributed by atoms with Gasteiger partial charge in [-0.2, -0.15) is 0 Å². The Morgan fingerprint density at radius 2 is 1.84 bits per heavy atom. The highest BCUT2D eigenvalue weighted by molar-refractivity contribution is 7.91. The summed E-state index contributed by atoms with van der Waals surface area (Å²) in [7, 11) is 3.29. The number of carbonyl (C=O) groups excluding carboxylic acids is 1. The summed E-state index contributed by atoms with van der Waals surface area (Å²) in [6.45, 7) is 9.54. The average molecular weight is 448 g/mol. The first-order valence-corrected chi connectivity index (χ1v) is 11.2. The Morgan fingerprint density at radius 1 is 1.19 bits per heavy atom. The monoisotopic (exact) mass is 447 g/mol. The molecule has 2 heterocycles. The lowest BCUT2D eigenvalue weighted by atomic mass is 10.0. The Labute approximate surface area is 185 Å². The second kappa shape index (κ2) is 9.02. The van der Waals surface area contributed by atoms with Gasteiger partial charge in [0.15, 0.2) is 11.3 Å². The summed E-state index contributed by atoms with van der Waals surface area (Å²) < 4.78 is 28.0. The SMILES string of the molecule is C/C(=N/[S+]([O-])C(C)(C)C)c1cc(C(=O)N(C)C)cc2c(=O)cc(N3CCOCC3)oc12. The van der Waals surface area contributed by atoms with E-state index >= 15 is 0 Å². The molecule has 0 saturated carbocycles. The second-order valence-corrected chi connectivity index (χ2v) is 10.6. The van der Waals surface area contributed by atoms with E-state index < -0.39 is 16.1 Å². The van der Waals surface area contributed by atoms with Crippen LogP contribution in [0.3, 0.4) is 0 Å².